The molecule has 2 nitrogen and oxygen atoms in total. The summed E-state index contributed by atoms with van der Waals surface area (Å²) in [5.41, 5.74) is 0. The highest BCUT2D eigenvalue weighted by Crippen LogP contribution is 2.13. The Hall–Kier alpha value is 0.270. The SMILES string of the molecule is CC(O)C(C)SCCN(C)C. The highest BCUT2D eigenvalue weighted by molar-refractivity contribution is 7.99. The van der Waals surface area contributed by atoms with Gasteiger partial charge in [0.2, 0.25) is 0 Å². The first-order valence-electron chi connectivity index (χ1n) is 3.98. The lowest BCUT2D eigenvalue weighted by Gasteiger charge is -2.15. The van der Waals surface area contributed by atoms with Crippen LogP contribution in [0.1, 0.15) is 13.8 Å². The standard InChI is InChI=1S/C8H19NOS/c1-7(10)8(2)11-6-5-9(3)4/h7-8,10H,5-6H2,1-4H3. The van der Waals surface area contributed by atoms with Crippen molar-refractivity contribution in [2.24, 2.45) is 0 Å². The normalized spacial score (nSPS) is 16.9. The molecule has 0 fully saturated rings. The third kappa shape index (κ3) is 6.66. The summed E-state index contributed by atoms with van der Waals surface area (Å²) in [6.45, 7) is 4.99. The Kier molecular flexibility index (Phi) is 6.01. The van der Waals surface area contributed by atoms with E-state index in [4.69, 9.17) is 5.11 Å². The molecule has 1 N–H and O–H groups in total. The third-order valence-electron chi connectivity index (χ3n) is 1.60. The third-order valence-corrected chi connectivity index (χ3v) is 2.94. The quantitative estimate of drug-likeness (QED) is 0.679. The summed E-state index contributed by atoms with van der Waals surface area (Å²) in [6, 6.07) is 0. The Balaban J connectivity index is 3.24. The fraction of sp³-hybridized carbons (Fsp3) is 1.00. The van der Waals surface area contributed by atoms with Gasteiger partial charge in [-0.25, -0.2) is 0 Å². The van der Waals surface area contributed by atoms with Gasteiger partial charge >= 0.3 is 0 Å². The molecule has 0 aromatic heterocycles. The molecule has 0 saturated heterocycles. The lowest BCUT2D eigenvalue weighted by molar-refractivity contribution is 0.196. The minimum Gasteiger partial charge on any atom is -0.392 e. The van der Waals surface area contributed by atoms with Gasteiger partial charge in [-0.15, -0.1) is 0 Å². The zero-order chi connectivity index (χ0) is 8.85. The summed E-state index contributed by atoms with van der Waals surface area (Å²) in [5.74, 6) is 1.10. The number of thioether (sulfide) groups is 1. The number of hydrogen-bond donors (Lipinski definition) is 1. The number of hydrogen-bond acceptors (Lipinski definition) is 3. The maximum Gasteiger partial charge on any atom is 0.0627 e. The lowest BCUT2D eigenvalue weighted by atomic mass is 10.3. The van der Waals surface area contributed by atoms with E-state index in [0.717, 1.165) is 12.3 Å². The molecule has 0 heterocycles. The number of rotatable bonds is 5. The van der Waals surface area contributed by atoms with E-state index in [9.17, 15) is 0 Å². The topological polar surface area (TPSA) is 23.5 Å². The average Bonchev–Trinajstić information content (AvgIpc) is 1.86. The molecule has 0 amide bonds. The number of nitrogens with zero attached hydrogens (tertiary/aromatic N) is 1. The fourth-order valence-electron chi connectivity index (χ4n) is 0.560. The second kappa shape index (κ2) is 5.86. The Labute approximate surface area is 74.0 Å². The predicted molar refractivity (Wildman–Crippen MR) is 52.2 cm³/mol. The van der Waals surface area contributed by atoms with Crippen LogP contribution in [0.2, 0.25) is 0 Å². The molecule has 0 aromatic rings. The maximum absolute atomic E-state index is 9.15. The molecule has 3 heteroatoms. The molecule has 0 saturated carbocycles. The van der Waals surface area contributed by atoms with Crippen molar-refractivity contribution in [3.8, 4) is 0 Å². The van der Waals surface area contributed by atoms with Crippen LogP contribution >= 0.6 is 11.8 Å². The van der Waals surface area contributed by atoms with Gasteiger partial charge in [-0.05, 0) is 21.0 Å². The van der Waals surface area contributed by atoms with Crippen molar-refractivity contribution < 1.29 is 5.11 Å². The molecule has 0 spiro atoms. The summed E-state index contributed by atoms with van der Waals surface area (Å²) < 4.78 is 0. The first-order chi connectivity index (χ1) is 5.04. The first kappa shape index (κ1) is 11.3. The van der Waals surface area contributed by atoms with E-state index >= 15 is 0 Å². The van der Waals surface area contributed by atoms with E-state index < -0.39 is 0 Å². The van der Waals surface area contributed by atoms with Crippen LogP contribution in [0.15, 0.2) is 0 Å². The summed E-state index contributed by atoms with van der Waals surface area (Å²) in [5, 5.41) is 9.51. The first-order valence-corrected chi connectivity index (χ1v) is 5.03. The van der Waals surface area contributed by atoms with Crippen molar-refractivity contribution in [3.63, 3.8) is 0 Å². The minimum absolute atomic E-state index is 0.192. The minimum atomic E-state index is -0.192. The van der Waals surface area contributed by atoms with E-state index in [2.05, 4.69) is 25.9 Å². The largest absolute Gasteiger partial charge is 0.392 e. The van der Waals surface area contributed by atoms with Crippen LogP contribution in [0, 0.1) is 0 Å². The Morgan fingerprint density at radius 2 is 1.91 bits per heavy atom. The van der Waals surface area contributed by atoms with Crippen LogP contribution in [0.3, 0.4) is 0 Å². The van der Waals surface area contributed by atoms with E-state index in [1.54, 1.807) is 0 Å². The monoisotopic (exact) mass is 177 g/mol. The van der Waals surface area contributed by atoms with Crippen LogP contribution in [-0.4, -0.2) is 47.8 Å². The van der Waals surface area contributed by atoms with Gasteiger partial charge in [0.15, 0.2) is 0 Å². The second-order valence-electron chi connectivity index (χ2n) is 3.12. The molecule has 2 atom stereocenters. The van der Waals surface area contributed by atoms with Gasteiger partial charge in [0.1, 0.15) is 0 Å². The Bertz CT molecular complexity index is 96.1. The zero-order valence-corrected chi connectivity index (χ0v) is 8.69. The molecule has 0 rings (SSSR count). The molecular weight excluding hydrogens is 158 g/mol. The summed E-state index contributed by atoms with van der Waals surface area (Å²) >= 11 is 1.82. The smallest absolute Gasteiger partial charge is 0.0627 e. The van der Waals surface area contributed by atoms with Crippen LogP contribution in [0.5, 0.6) is 0 Å². The highest BCUT2D eigenvalue weighted by atomic mass is 32.2. The van der Waals surface area contributed by atoms with Crippen molar-refractivity contribution in [2.45, 2.75) is 25.2 Å². The van der Waals surface area contributed by atoms with Crippen molar-refractivity contribution in [1.29, 1.82) is 0 Å². The van der Waals surface area contributed by atoms with Gasteiger partial charge in [-0.1, -0.05) is 6.92 Å². The van der Waals surface area contributed by atoms with Gasteiger partial charge < -0.3 is 10.0 Å². The van der Waals surface area contributed by atoms with Crippen molar-refractivity contribution in [1.82, 2.24) is 4.90 Å². The van der Waals surface area contributed by atoms with Gasteiger partial charge in [0.25, 0.3) is 0 Å². The van der Waals surface area contributed by atoms with E-state index in [1.165, 1.54) is 0 Å². The van der Waals surface area contributed by atoms with E-state index in [0.29, 0.717) is 5.25 Å². The van der Waals surface area contributed by atoms with Gasteiger partial charge in [-0.3, -0.25) is 0 Å². The highest BCUT2D eigenvalue weighted by Gasteiger charge is 2.07. The van der Waals surface area contributed by atoms with E-state index in [1.807, 2.05) is 18.7 Å². The zero-order valence-electron chi connectivity index (χ0n) is 7.87. The van der Waals surface area contributed by atoms with Crippen LogP contribution in [0.25, 0.3) is 0 Å². The molecule has 2 unspecified atom stereocenters. The average molecular weight is 177 g/mol. The van der Waals surface area contributed by atoms with Crippen LogP contribution < -0.4 is 0 Å². The summed E-state index contributed by atoms with van der Waals surface area (Å²) in [7, 11) is 4.13. The van der Waals surface area contributed by atoms with Crippen molar-refractivity contribution in [3.05, 3.63) is 0 Å². The number of aliphatic hydroxyl groups is 1. The molecule has 0 aliphatic heterocycles. The second-order valence-corrected chi connectivity index (χ2v) is 4.60. The predicted octanol–water partition coefficient (Wildman–Crippen LogP) is 1.05. The molecule has 0 aliphatic carbocycles. The van der Waals surface area contributed by atoms with Gasteiger partial charge in [0, 0.05) is 17.5 Å². The van der Waals surface area contributed by atoms with Gasteiger partial charge in [0.05, 0.1) is 6.10 Å². The summed E-state index contributed by atoms with van der Waals surface area (Å²) in [4.78, 5) is 2.15. The number of aliphatic hydroxyl groups excluding tert-OH is 1. The molecule has 11 heavy (non-hydrogen) atoms. The lowest BCUT2D eigenvalue weighted by Crippen LogP contribution is -2.20. The molecule has 0 bridgehead atoms. The summed E-state index contributed by atoms with van der Waals surface area (Å²) in [6.07, 6.45) is -0.192. The van der Waals surface area contributed by atoms with Crippen molar-refractivity contribution in [2.75, 3.05) is 26.4 Å². The fourth-order valence-corrected chi connectivity index (χ4v) is 1.68. The molecule has 0 radical (unpaired) electrons. The van der Waals surface area contributed by atoms with Crippen LogP contribution in [0.4, 0.5) is 0 Å². The van der Waals surface area contributed by atoms with E-state index in [-0.39, 0.29) is 6.10 Å². The Morgan fingerprint density at radius 3 is 2.27 bits per heavy atom. The molecule has 0 aliphatic rings. The maximum atomic E-state index is 9.15. The van der Waals surface area contributed by atoms with Crippen LogP contribution in [-0.2, 0) is 0 Å². The van der Waals surface area contributed by atoms with Gasteiger partial charge in [-0.2, -0.15) is 11.8 Å². The van der Waals surface area contributed by atoms with Crippen molar-refractivity contribution >= 4 is 11.8 Å². The Morgan fingerprint density at radius 1 is 1.36 bits per heavy atom. The molecule has 68 valence electrons. The molecule has 0 aromatic carbocycles. The molecular formula is C8H19NOS.